The molecule has 0 amide bonds. The van der Waals surface area contributed by atoms with Crippen molar-refractivity contribution >= 4 is 11.3 Å². The zero-order valence-corrected chi connectivity index (χ0v) is 12.7. The van der Waals surface area contributed by atoms with Gasteiger partial charge in [-0.1, -0.05) is 12.1 Å². The van der Waals surface area contributed by atoms with Gasteiger partial charge < -0.3 is 10.5 Å². The van der Waals surface area contributed by atoms with Gasteiger partial charge in [-0.2, -0.15) is 0 Å². The van der Waals surface area contributed by atoms with Crippen LogP contribution in [0.15, 0.2) is 24.3 Å². The van der Waals surface area contributed by atoms with E-state index in [0.717, 1.165) is 16.3 Å². The Kier molecular flexibility index (Phi) is 3.76. The Labute approximate surface area is 123 Å². The summed E-state index contributed by atoms with van der Waals surface area (Å²) in [7, 11) is 0. The van der Waals surface area contributed by atoms with Crippen LogP contribution in [0, 0.1) is 0 Å². The Morgan fingerprint density at radius 3 is 2.80 bits per heavy atom. The van der Waals surface area contributed by atoms with E-state index in [-0.39, 0.29) is 6.04 Å². The van der Waals surface area contributed by atoms with Crippen LogP contribution in [0.2, 0.25) is 0 Å². The number of ether oxygens (including phenoxy) is 1. The van der Waals surface area contributed by atoms with Gasteiger partial charge >= 0.3 is 0 Å². The molecule has 1 unspecified atom stereocenters. The minimum Gasteiger partial charge on any atom is -0.493 e. The molecule has 1 saturated carbocycles. The molecule has 1 aromatic carbocycles. The molecular formula is C16H20N2OS. The van der Waals surface area contributed by atoms with E-state index in [1.807, 2.05) is 32.0 Å². The van der Waals surface area contributed by atoms with Crippen LogP contribution in [0.3, 0.4) is 0 Å². The number of thiazole rings is 1. The van der Waals surface area contributed by atoms with Gasteiger partial charge in [-0.15, -0.1) is 11.3 Å². The van der Waals surface area contributed by atoms with Gasteiger partial charge in [0.15, 0.2) is 0 Å². The molecule has 20 heavy (non-hydrogen) atoms. The normalized spacial score (nSPS) is 16.1. The molecule has 0 saturated heterocycles. The number of rotatable bonds is 5. The quantitative estimate of drug-likeness (QED) is 0.901. The van der Waals surface area contributed by atoms with E-state index in [2.05, 4.69) is 6.07 Å². The molecule has 2 aromatic rings. The summed E-state index contributed by atoms with van der Waals surface area (Å²) in [5.41, 5.74) is 8.40. The maximum atomic E-state index is 6.11. The van der Waals surface area contributed by atoms with Gasteiger partial charge in [0.25, 0.3) is 0 Å². The first-order valence-corrected chi connectivity index (χ1v) is 8.00. The number of hydrogen-bond acceptors (Lipinski definition) is 4. The molecule has 0 aliphatic heterocycles. The van der Waals surface area contributed by atoms with E-state index in [1.54, 1.807) is 11.3 Å². The highest BCUT2D eigenvalue weighted by atomic mass is 32.1. The molecule has 0 radical (unpaired) electrons. The van der Waals surface area contributed by atoms with Crippen molar-refractivity contribution in [1.29, 1.82) is 0 Å². The average Bonchev–Trinajstić information content (AvgIpc) is 3.18. The lowest BCUT2D eigenvalue weighted by Gasteiger charge is -2.07. The Bertz CT molecular complexity index is 583. The first kappa shape index (κ1) is 13.6. The third kappa shape index (κ3) is 2.58. The molecule has 106 valence electrons. The molecule has 1 aliphatic rings. The standard InChI is InChI=1S/C16H20N2OS/c1-3-19-13-7-5-4-6-12(13)16-18-14(11-8-9-11)15(20-16)10(2)17/h4-7,10-11H,3,8-9,17H2,1-2H3. The summed E-state index contributed by atoms with van der Waals surface area (Å²) in [6.45, 7) is 4.71. The summed E-state index contributed by atoms with van der Waals surface area (Å²) in [4.78, 5) is 6.10. The third-order valence-electron chi connectivity index (χ3n) is 3.48. The van der Waals surface area contributed by atoms with Crippen molar-refractivity contribution in [2.24, 2.45) is 5.73 Å². The van der Waals surface area contributed by atoms with Gasteiger partial charge in [0.05, 0.1) is 17.9 Å². The molecule has 3 nitrogen and oxygen atoms in total. The molecule has 1 fully saturated rings. The zero-order chi connectivity index (χ0) is 14.1. The number of para-hydroxylation sites is 1. The van der Waals surface area contributed by atoms with E-state index in [0.29, 0.717) is 12.5 Å². The first-order chi connectivity index (χ1) is 9.70. The van der Waals surface area contributed by atoms with E-state index in [1.165, 1.54) is 23.4 Å². The summed E-state index contributed by atoms with van der Waals surface area (Å²) in [5.74, 6) is 1.53. The van der Waals surface area contributed by atoms with Crippen LogP contribution in [0.4, 0.5) is 0 Å². The average molecular weight is 288 g/mol. The highest BCUT2D eigenvalue weighted by Gasteiger charge is 2.31. The fourth-order valence-corrected chi connectivity index (χ4v) is 3.49. The Morgan fingerprint density at radius 1 is 1.40 bits per heavy atom. The number of aromatic nitrogens is 1. The van der Waals surface area contributed by atoms with E-state index < -0.39 is 0 Å². The van der Waals surface area contributed by atoms with E-state index in [4.69, 9.17) is 15.5 Å². The van der Waals surface area contributed by atoms with Gasteiger partial charge in [0, 0.05) is 16.8 Å². The minimum atomic E-state index is 0.0519. The molecule has 1 aliphatic carbocycles. The molecule has 0 spiro atoms. The first-order valence-electron chi connectivity index (χ1n) is 7.19. The van der Waals surface area contributed by atoms with Gasteiger partial charge in [-0.3, -0.25) is 0 Å². The Morgan fingerprint density at radius 2 is 2.15 bits per heavy atom. The molecular weight excluding hydrogens is 268 g/mol. The lowest BCUT2D eigenvalue weighted by atomic mass is 10.2. The van der Waals surface area contributed by atoms with Gasteiger partial charge in [0.1, 0.15) is 10.8 Å². The molecule has 2 N–H and O–H groups in total. The van der Waals surface area contributed by atoms with Crippen LogP contribution in [-0.4, -0.2) is 11.6 Å². The Balaban J connectivity index is 2.04. The highest BCUT2D eigenvalue weighted by molar-refractivity contribution is 7.15. The van der Waals surface area contributed by atoms with Crippen LogP contribution < -0.4 is 10.5 Å². The molecule has 4 heteroatoms. The van der Waals surface area contributed by atoms with Crippen LogP contribution in [-0.2, 0) is 0 Å². The van der Waals surface area contributed by atoms with Crippen LogP contribution >= 0.6 is 11.3 Å². The summed E-state index contributed by atoms with van der Waals surface area (Å²) in [5, 5.41) is 1.03. The fourth-order valence-electron chi connectivity index (χ4n) is 2.36. The van der Waals surface area contributed by atoms with Crippen LogP contribution in [0.25, 0.3) is 10.6 Å². The van der Waals surface area contributed by atoms with Gasteiger partial charge in [-0.25, -0.2) is 4.98 Å². The number of nitrogens with zero attached hydrogens (tertiary/aromatic N) is 1. The second-order valence-electron chi connectivity index (χ2n) is 5.26. The van der Waals surface area contributed by atoms with Crippen molar-refractivity contribution in [2.75, 3.05) is 6.61 Å². The van der Waals surface area contributed by atoms with Crippen LogP contribution in [0.5, 0.6) is 5.75 Å². The van der Waals surface area contributed by atoms with Crippen molar-refractivity contribution in [3.8, 4) is 16.3 Å². The second kappa shape index (κ2) is 5.54. The molecule has 1 heterocycles. The predicted molar refractivity (Wildman–Crippen MR) is 83.3 cm³/mol. The van der Waals surface area contributed by atoms with Gasteiger partial charge in [-0.05, 0) is 38.8 Å². The van der Waals surface area contributed by atoms with Crippen molar-refractivity contribution in [2.45, 2.75) is 38.6 Å². The predicted octanol–water partition coefficient (Wildman–Crippen LogP) is 4.11. The summed E-state index contributed by atoms with van der Waals surface area (Å²) < 4.78 is 5.71. The fraction of sp³-hybridized carbons (Fsp3) is 0.438. The molecule has 0 bridgehead atoms. The topological polar surface area (TPSA) is 48.1 Å². The summed E-state index contributed by atoms with van der Waals surface area (Å²) in [6, 6.07) is 8.16. The largest absolute Gasteiger partial charge is 0.493 e. The van der Waals surface area contributed by atoms with Crippen molar-refractivity contribution < 1.29 is 4.74 Å². The van der Waals surface area contributed by atoms with Gasteiger partial charge in [0.2, 0.25) is 0 Å². The summed E-state index contributed by atoms with van der Waals surface area (Å²) >= 11 is 1.71. The van der Waals surface area contributed by atoms with E-state index in [9.17, 15) is 0 Å². The molecule has 1 aromatic heterocycles. The minimum absolute atomic E-state index is 0.0519. The van der Waals surface area contributed by atoms with E-state index >= 15 is 0 Å². The maximum absolute atomic E-state index is 6.11. The summed E-state index contributed by atoms with van der Waals surface area (Å²) in [6.07, 6.45) is 2.49. The molecule has 1 atom stereocenters. The maximum Gasteiger partial charge on any atom is 0.129 e. The number of benzene rings is 1. The smallest absolute Gasteiger partial charge is 0.129 e. The zero-order valence-electron chi connectivity index (χ0n) is 11.9. The monoisotopic (exact) mass is 288 g/mol. The van der Waals surface area contributed by atoms with Crippen molar-refractivity contribution in [1.82, 2.24) is 4.98 Å². The van der Waals surface area contributed by atoms with Crippen molar-refractivity contribution in [3.63, 3.8) is 0 Å². The lowest BCUT2D eigenvalue weighted by Crippen LogP contribution is -2.05. The molecule has 3 rings (SSSR count). The Hall–Kier alpha value is -1.39. The lowest BCUT2D eigenvalue weighted by molar-refractivity contribution is 0.341. The third-order valence-corrected chi connectivity index (χ3v) is 4.78. The highest BCUT2D eigenvalue weighted by Crippen LogP contribution is 2.46. The number of hydrogen-bond donors (Lipinski definition) is 1. The van der Waals surface area contributed by atoms with Crippen molar-refractivity contribution in [3.05, 3.63) is 34.8 Å². The second-order valence-corrected chi connectivity index (χ2v) is 6.29. The number of nitrogens with two attached hydrogens (primary N) is 1. The van der Waals surface area contributed by atoms with Crippen LogP contribution in [0.1, 0.15) is 49.2 Å². The SMILES string of the molecule is CCOc1ccccc1-c1nc(C2CC2)c(C(C)N)s1.